The number of rotatable bonds is 5. The van der Waals surface area contributed by atoms with Crippen molar-refractivity contribution in [1.29, 1.82) is 0 Å². The molecule has 0 aliphatic rings. The lowest BCUT2D eigenvalue weighted by Crippen LogP contribution is -2.27. The number of carbonyl (C=O) groups excluding carboxylic acids is 1. The van der Waals surface area contributed by atoms with Gasteiger partial charge in [0.1, 0.15) is 0 Å². The molecular formula is C18H15Cl2F4NO. The molecule has 8 heteroatoms. The SMILES string of the molecule is CCc1cc(CCNC(=O)c2cc(C(F)(F)F)cc(Cl)c2F)ccc1Cl. The highest BCUT2D eigenvalue weighted by Gasteiger charge is 2.33. The van der Waals surface area contributed by atoms with Crippen LogP contribution in [-0.2, 0) is 19.0 Å². The number of alkyl halides is 3. The second-order valence-corrected chi connectivity index (χ2v) is 6.42. The molecule has 26 heavy (non-hydrogen) atoms. The number of hydrogen-bond acceptors (Lipinski definition) is 1. The van der Waals surface area contributed by atoms with Gasteiger partial charge in [-0.3, -0.25) is 4.79 Å². The van der Waals surface area contributed by atoms with Crippen molar-refractivity contribution in [3.8, 4) is 0 Å². The molecule has 0 spiro atoms. The van der Waals surface area contributed by atoms with Crippen LogP contribution in [0.15, 0.2) is 30.3 Å². The van der Waals surface area contributed by atoms with Gasteiger partial charge >= 0.3 is 6.18 Å². The summed E-state index contributed by atoms with van der Waals surface area (Å²) in [4.78, 5) is 12.1. The molecule has 2 aromatic carbocycles. The van der Waals surface area contributed by atoms with Gasteiger partial charge in [-0.15, -0.1) is 0 Å². The van der Waals surface area contributed by atoms with Crippen LogP contribution in [0, 0.1) is 5.82 Å². The van der Waals surface area contributed by atoms with Crippen molar-refractivity contribution in [2.24, 2.45) is 0 Å². The van der Waals surface area contributed by atoms with Crippen LogP contribution in [0.2, 0.25) is 10.0 Å². The Morgan fingerprint density at radius 3 is 2.42 bits per heavy atom. The summed E-state index contributed by atoms with van der Waals surface area (Å²) in [6.45, 7) is 2.07. The van der Waals surface area contributed by atoms with Gasteiger partial charge in [0.25, 0.3) is 5.91 Å². The third kappa shape index (κ3) is 4.89. The summed E-state index contributed by atoms with van der Waals surface area (Å²) in [6, 6.07) is 6.32. The molecule has 0 radical (unpaired) electrons. The Kier molecular flexibility index (Phi) is 6.53. The van der Waals surface area contributed by atoms with E-state index in [2.05, 4.69) is 5.32 Å². The maximum Gasteiger partial charge on any atom is 0.416 e. The van der Waals surface area contributed by atoms with Gasteiger partial charge in [-0.05, 0) is 42.2 Å². The lowest BCUT2D eigenvalue weighted by atomic mass is 10.1. The second-order valence-electron chi connectivity index (χ2n) is 5.60. The summed E-state index contributed by atoms with van der Waals surface area (Å²) < 4.78 is 52.3. The maximum atomic E-state index is 13.9. The number of amides is 1. The van der Waals surface area contributed by atoms with Crippen LogP contribution >= 0.6 is 23.2 Å². The minimum absolute atomic E-state index is 0.122. The zero-order chi connectivity index (χ0) is 19.5. The number of nitrogens with one attached hydrogen (secondary N) is 1. The van der Waals surface area contributed by atoms with E-state index in [4.69, 9.17) is 23.2 Å². The molecule has 0 aliphatic heterocycles. The third-order valence-corrected chi connectivity index (χ3v) is 4.43. The first-order valence-electron chi connectivity index (χ1n) is 7.75. The summed E-state index contributed by atoms with van der Waals surface area (Å²) >= 11 is 11.5. The summed E-state index contributed by atoms with van der Waals surface area (Å²) in [5.41, 5.74) is -0.0742. The van der Waals surface area contributed by atoms with Crippen LogP contribution in [0.4, 0.5) is 17.6 Å². The van der Waals surface area contributed by atoms with Gasteiger partial charge in [-0.1, -0.05) is 42.3 Å². The van der Waals surface area contributed by atoms with Crippen molar-refractivity contribution in [2.75, 3.05) is 6.54 Å². The molecule has 2 aromatic rings. The molecule has 2 nitrogen and oxygen atoms in total. The van der Waals surface area contributed by atoms with Gasteiger partial charge in [-0.25, -0.2) is 4.39 Å². The zero-order valence-corrected chi connectivity index (χ0v) is 15.2. The van der Waals surface area contributed by atoms with E-state index < -0.39 is 34.1 Å². The van der Waals surface area contributed by atoms with Crippen molar-refractivity contribution in [3.63, 3.8) is 0 Å². The Morgan fingerprint density at radius 2 is 1.81 bits per heavy atom. The van der Waals surface area contributed by atoms with Gasteiger partial charge < -0.3 is 5.32 Å². The summed E-state index contributed by atoms with van der Waals surface area (Å²) in [6.07, 6.45) is -3.57. The molecule has 0 aromatic heterocycles. The van der Waals surface area contributed by atoms with E-state index in [0.29, 0.717) is 23.6 Å². The van der Waals surface area contributed by atoms with Gasteiger partial charge in [0.2, 0.25) is 0 Å². The molecule has 0 fully saturated rings. The fourth-order valence-electron chi connectivity index (χ4n) is 2.39. The van der Waals surface area contributed by atoms with E-state index in [9.17, 15) is 22.4 Å². The van der Waals surface area contributed by atoms with Crippen LogP contribution in [0.25, 0.3) is 0 Å². The predicted octanol–water partition coefficient (Wildman–Crippen LogP) is 5.69. The summed E-state index contributed by atoms with van der Waals surface area (Å²) in [5, 5.41) is 2.29. The van der Waals surface area contributed by atoms with E-state index in [1.54, 1.807) is 12.1 Å². The fraction of sp³-hybridized carbons (Fsp3) is 0.278. The van der Waals surface area contributed by atoms with Gasteiger partial charge in [0.05, 0.1) is 16.1 Å². The molecule has 0 heterocycles. The zero-order valence-electron chi connectivity index (χ0n) is 13.7. The monoisotopic (exact) mass is 407 g/mol. The highest BCUT2D eigenvalue weighted by Crippen LogP contribution is 2.33. The first-order chi connectivity index (χ1) is 12.1. The average Bonchev–Trinajstić information content (AvgIpc) is 2.57. The number of hydrogen-bond donors (Lipinski definition) is 1. The number of benzene rings is 2. The van der Waals surface area contributed by atoms with Crippen molar-refractivity contribution in [2.45, 2.75) is 25.9 Å². The van der Waals surface area contributed by atoms with E-state index >= 15 is 0 Å². The second kappa shape index (κ2) is 8.27. The first-order valence-corrected chi connectivity index (χ1v) is 8.50. The van der Waals surface area contributed by atoms with E-state index in [-0.39, 0.29) is 6.54 Å². The van der Waals surface area contributed by atoms with Crippen molar-refractivity contribution < 1.29 is 22.4 Å². The first kappa shape index (κ1) is 20.5. The van der Waals surface area contributed by atoms with Gasteiger partial charge in [0, 0.05) is 11.6 Å². The smallest absolute Gasteiger partial charge is 0.352 e. The molecule has 0 saturated heterocycles. The normalized spacial score (nSPS) is 11.5. The molecule has 0 bridgehead atoms. The highest BCUT2D eigenvalue weighted by molar-refractivity contribution is 6.31. The molecule has 0 atom stereocenters. The highest BCUT2D eigenvalue weighted by atomic mass is 35.5. The van der Waals surface area contributed by atoms with Crippen LogP contribution in [0.3, 0.4) is 0 Å². The minimum Gasteiger partial charge on any atom is -0.352 e. The maximum absolute atomic E-state index is 13.9. The molecule has 1 N–H and O–H groups in total. The Hall–Kier alpha value is -1.79. The standard InChI is InChI=1S/C18H15Cl2F4NO/c1-2-11-7-10(3-4-14(11)19)5-6-25-17(26)13-8-12(18(22,23)24)9-15(20)16(13)21/h3-4,7-9H,2,5-6H2,1H3,(H,25,26). The Morgan fingerprint density at radius 1 is 1.12 bits per heavy atom. The lowest BCUT2D eigenvalue weighted by Gasteiger charge is -2.12. The largest absolute Gasteiger partial charge is 0.416 e. The van der Waals surface area contributed by atoms with Crippen molar-refractivity contribution in [3.05, 3.63) is 68.4 Å². The summed E-state index contributed by atoms with van der Waals surface area (Å²) in [5.74, 6) is -2.14. The van der Waals surface area contributed by atoms with Gasteiger partial charge in [-0.2, -0.15) is 13.2 Å². The van der Waals surface area contributed by atoms with Crippen molar-refractivity contribution in [1.82, 2.24) is 5.32 Å². The molecule has 0 saturated carbocycles. The molecule has 1 amide bonds. The molecule has 2 rings (SSSR count). The van der Waals surface area contributed by atoms with Crippen LogP contribution < -0.4 is 5.32 Å². The number of halogens is 6. The molecule has 0 unspecified atom stereocenters. The van der Waals surface area contributed by atoms with Crippen LogP contribution in [-0.4, -0.2) is 12.5 Å². The van der Waals surface area contributed by atoms with Crippen LogP contribution in [0.5, 0.6) is 0 Å². The fourth-order valence-corrected chi connectivity index (χ4v) is 2.86. The molecular weight excluding hydrogens is 393 g/mol. The van der Waals surface area contributed by atoms with E-state index in [0.717, 1.165) is 17.5 Å². The van der Waals surface area contributed by atoms with Crippen molar-refractivity contribution >= 4 is 29.1 Å². The average molecular weight is 408 g/mol. The van der Waals surface area contributed by atoms with Crippen LogP contribution in [0.1, 0.15) is 34.0 Å². The van der Waals surface area contributed by atoms with E-state index in [1.807, 2.05) is 13.0 Å². The quantitative estimate of drug-likeness (QED) is 0.634. The topological polar surface area (TPSA) is 29.1 Å². The van der Waals surface area contributed by atoms with Gasteiger partial charge in [0.15, 0.2) is 5.82 Å². The molecule has 0 aliphatic carbocycles. The molecule has 140 valence electrons. The Labute approximate surface area is 158 Å². The summed E-state index contributed by atoms with van der Waals surface area (Å²) in [7, 11) is 0. The van der Waals surface area contributed by atoms with E-state index in [1.165, 1.54) is 0 Å². The lowest BCUT2D eigenvalue weighted by molar-refractivity contribution is -0.137. The number of carbonyl (C=O) groups is 1. The number of aryl methyl sites for hydroxylation is 1. The predicted molar refractivity (Wildman–Crippen MR) is 93.3 cm³/mol. The minimum atomic E-state index is -4.73. The Bertz CT molecular complexity index is 822. The third-order valence-electron chi connectivity index (χ3n) is 3.79. The Balaban J connectivity index is 2.10.